The summed E-state index contributed by atoms with van der Waals surface area (Å²) >= 11 is 1.64. The molecule has 0 spiro atoms. The van der Waals surface area contributed by atoms with Crippen molar-refractivity contribution in [1.82, 2.24) is 10.3 Å². The Balaban J connectivity index is 1.88. The monoisotopic (exact) mass is 265 g/mol. The molecule has 2 heterocycles. The first kappa shape index (κ1) is 11.9. The molecule has 0 amide bonds. The minimum Gasteiger partial charge on any atom is -0.348 e. The second kappa shape index (κ2) is 4.82. The maximum atomic E-state index is 13.1. The number of hydrogen-bond donors (Lipinski definition) is 1. The van der Waals surface area contributed by atoms with Gasteiger partial charge in [-0.3, -0.25) is 0 Å². The highest BCUT2D eigenvalue weighted by atomic mass is 32.1. The second-order valence-electron chi connectivity index (χ2n) is 4.70. The van der Waals surface area contributed by atoms with Crippen LogP contribution >= 0.6 is 11.3 Å². The minimum absolute atomic E-state index is 0.219. The predicted molar refractivity (Wildman–Crippen MR) is 73.9 cm³/mol. The van der Waals surface area contributed by atoms with E-state index >= 15 is 0 Å². The molecule has 0 unspecified atom stereocenters. The third-order valence-electron chi connectivity index (χ3n) is 3.50. The van der Waals surface area contributed by atoms with Gasteiger partial charge in [0.2, 0.25) is 0 Å². The lowest BCUT2D eigenvalue weighted by Crippen LogP contribution is -2.41. The summed E-state index contributed by atoms with van der Waals surface area (Å²) in [5, 5.41) is 4.35. The summed E-state index contributed by atoms with van der Waals surface area (Å²) in [7, 11) is 2.09. The van der Waals surface area contributed by atoms with E-state index in [1.54, 1.807) is 11.3 Å². The molecule has 0 bridgehead atoms. The standard InChI is InChI=1S/C13H16FN3S/c1-17(10-4-6-15-7-5-10)13-16-11-8-9(14)2-3-12(11)18-13/h2-3,8,10,15H,4-7H2,1H3. The van der Waals surface area contributed by atoms with Crippen molar-refractivity contribution < 1.29 is 4.39 Å². The van der Waals surface area contributed by atoms with Crippen molar-refractivity contribution >= 4 is 26.7 Å². The molecule has 1 fully saturated rings. The molecule has 5 heteroatoms. The topological polar surface area (TPSA) is 28.2 Å². The van der Waals surface area contributed by atoms with Gasteiger partial charge < -0.3 is 10.2 Å². The summed E-state index contributed by atoms with van der Waals surface area (Å²) in [5.74, 6) is -0.219. The molecule has 3 rings (SSSR count). The number of halogens is 1. The number of piperidine rings is 1. The van der Waals surface area contributed by atoms with Gasteiger partial charge in [-0.2, -0.15) is 0 Å². The quantitative estimate of drug-likeness (QED) is 0.904. The van der Waals surface area contributed by atoms with Gasteiger partial charge in [0.25, 0.3) is 0 Å². The molecule has 1 saturated heterocycles. The summed E-state index contributed by atoms with van der Waals surface area (Å²) in [6.45, 7) is 2.13. The number of benzene rings is 1. The van der Waals surface area contributed by atoms with Crippen LogP contribution in [0.3, 0.4) is 0 Å². The Morgan fingerprint density at radius 2 is 2.17 bits per heavy atom. The number of hydrogen-bond acceptors (Lipinski definition) is 4. The van der Waals surface area contributed by atoms with Gasteiger partial charge in [0.05, 0.1) is 10.2 Å². The van der Waals surface area contributed by atoms with Crippen LogP contribution < -0.4 is 10.2 Å². The highest BCUT2D eigenvalue weighted by molar-refractivity contribution is 7.22. The van der Waals surface area contributed by atoms with Crippen LogP contribution in [0, 0.1) is 5.82 Å². The molecular weight excluding hydrogens is 249 g/mol. The van der Waals surface area contributed by atoms with Crippen LogP contribution in [0.25, 0.3) is 10.2 Å². The van der Waals surface area contributed by atoms with Gasteiger partial charge in [-0.1, -0.05) is 11.3 Å². The molecule has 18 heavy (non-hydrogen) atoms. The summed E-state index contributed by atoms with van der Waals surface area (Å²) in [6.07, 6.45) is 2.28. The first-order valence-corrected chi connectivity index (χ1v) is 7.05. The van der Waals surface area contributed by atoms with Crippen LogP contribution in [-0.2, 0) is 0 Å². The number of anilines is 1. The third kappa shape index (κ3) is 2.20. The van der Waals surface area contributed by atoms with E-state index in [2.05, 4.69) is 22.2 Å². The van der Waals surface area contributed by atoms with Crippen LogP contribution in [0.2, 0.25) is 0 Å². The Kier molecular flexibility index (Phi) is 3.18. The zero-order valence-electron chi connectivity index (χ0n) is 10.3. The molecule has 3 nitrogen and oxygen atoms in total. The van der Waals surface area contributed by atoms with Crippen molar-refractivity contribution in [2.45, 2.75) is 18.9 Å². The van der Waals surface area contributed by atoms with E-state index in [4.69, 9.17) is 0 Å². The first-order chi connectivity index (χ1) is 8.74. The molecule has 0 radical (unpaired) electrons. The van der Waals surface area contributed by atoms with Crippen molar-refractivity contribution in [1.29, 1.82) is 0 Å². The maximum Gasteiger partial charge on any atom is 0.186 e. The number of aromatic nitrogens is 1. The smallest absolute Gasteiger partial charge is 0.186 e. The maximum absolute atomic E-state index is 13.1. The largest absolute Gasteiger partial charge is 0.348 e. The minimum atomic E-state index is -0.219. The SMILES string of the molecule is CN(c1nc2cc(F)ccc2s1)C1CCNCC1. The lowest BCUT2D eigenvalue weighted by atomic mass is 10.1. The van der Waals surface area contributed by atoms with Crippen LogP contribution in [0.5, 0.6) is 0 Å². The summed E-state index contributed by atoms with van der Waals surface area (Å²) in [5.41, 5.74) is 0.760. The average Bonchev–Trinajstić information content (AvgIpc) is 2.81. The number of rotatable bonds is 2. The van der Waals surface area contributed by atoms with Crippen molar-refractivity contribution in [3.8, 4) is 0 Å². The number of nitrogens with zero attached hydrogens (tertiary/aromatic N) is 2. The van der Waals surface area contributed by atoms with E-state index in [1.165, 1.54) is 12.1 Å². The van der Waals surface area contributed by atoms with Crippen molar-refractivity contribution in [3.05, 3.63) is 24.0 Å². The fraction of sp³-hybridized carbons (Fsp3) is 0.462. The highest BCUT2D eigenvalue weighted by Crippen LogP contribution is 2.30. The predicted octanol–water partition coefficient (Wildman–Crippen LogP) is 2.62. The molecule has 1 aliphatic heterocycles. The van der Waals surface area contributed by atoms with E-state index in [-0.39, 0.29) is 5.82 Å². The van der Waals surface area contributed by atoms with Gasteiger partial charge in [-0.15, -0.1) is 0 Å². The van der Waals surface area contributed by atoms with Gasteiger partial charge >= 0.3 is 0 Å². The van der Waals surface area contributed by atoms with E-state index < -0.39 is 0 Å². The Morgan fingerprint density at radius 1 is 1.39 bits per heavy atom. The number of thiazole rings is 1. The van der Waals surface area contributed by atoms with Crippen molar-refractivity contribution in [2.75, 3.05) is 25.0 Å². The Bertz CT molecular complexity index is 548. The molecule has 1 aromatic carbocycles. The zero-order chi connectivity index (χ0) is 12.5. The molecule has 2 aromatic rings. The van der Waals surface area contributed by atoms with Gasteiger partial charge in [0, 0.05) is 19.2 Å². The van der Waals surface area contributed by atoms with Crippen LogP contribution in [0.4, 0.5) is 9.52 Å². The van der Waals surface area contributed by atoms with E-state index in [9.17, 15) is 4.39 Å². The Hall–Kier alpha value is -1.20. The molecule has 96 valence electrons. The van der Waals surface area contributed by atoms with Crippen molar-refractivity contribution in [2.24, 2.45) is 0 Å². The number of fused-ring (bicyclic) bond motifs is 1. The molecule has 1 aliphatic rings. The van der Waals surface area contributed by atoms with E-state index in [0.29, 0.717) is 6.04 Å². The van der Waals surface area contributed by atoms with Crippen LogP contribution in [0.15, 0.2) is 18.2 Å². The van der Waals surface area contributed by atoms with Gasteiger partial charge in [-0.05, 0) is 38.1 Å². The summed E-state index contributed by atoms with van der Waals surface area (Å²) in [4.78, 5) is 6.77. The molecule has 0 saturated carbocycles. The van der Waals surface area contributed by atoms with Gasteiger partial charge in [-0.25, -0.2) is 9.37 Å². The van der Waals surface area contributed by atoms with Gasteiger partial charge in [0.1, 0.15) is 5.82 Å². The molecule has 0 atom stereocenters. The summed E-state index contributed by atoms with van der Waals surface area (Å²) in [6, 6.07) is 5.35. The molecular formula is C13H16FN3S. The van der Waals surface area contributed by atoms with Crippen LogP contribution in [0.1, 0.15) is 12.8 Å². The van der Waals surface area contributed by atoms with Crippen molar-refractivity contribution in [3.63, 3.8) is 0 Å². The Labute approximate surface area is 110 Å². The van der Waals surface area contributed by atoms with Gasteiger partial charge in [0.15, 0.2) is 5.13 Å². The third-order valence-corrected chi connectivity index (χ3v) is 4.62. The fourth-order valence-corrected chi connectivity index (χ4v) is 3.37. The molecule has 0 aliphatic carbocycles. The highest BCUT2D eigenvalue weighted by Gasteiger charge is 2.20. The summed E-state index contributed by atoms with van der Waals surface area (Å²) < 4.78 is 14.2. The normalized spacial score (nSPS) is 17.2. The molecule has 1 aromatic heterocycles. The first-order valence-electron chi connectivity index (χ1n) is 6.24. The lowest BCUT2D eigenvalue weighted by molar-refractivity contribution is 0.443. The zero-order valence-corrected chi connectivity index (χ0v) is 11.1. The lowest BCUT2D eigenvalue weighted by Gasteiger charge is -2.31. The van der Waals surface area contributed by atoms with Crippen LogP contribution in [-0.4, -0.2) is 31.2 Å². The fourth-order valence-electron chi connectivity index (χ4n) is 2.39. The van der Waals surface area contributed by atoms with E-state index in [1.807, 2.05) is 6.07 Å². The second-order valence-corrected chi connectivity index (χ2v) is 5.71. The van der Waals surface area contributed by atoms with E-state index in [0.717, 1.165) is 41.3 Å². The Morgan fingerprint density at radius 3 is 2.94 bits per heavy atom. The molecule has 1 N–H and O–H groups in total. The number of nitrogens with one attached hydrogen (secondary N) is 1. The average molecular weight is 265 g/mol.